The second-order valence-electron chi connectivity index (χ2n) is 5.59. The lowest BCUT2D eigenvalue weighted by Crippen LogP contribution is -2.21. The Hall–Kier alpha value is -2.40. The highest BCUT2D eigenvalue weighted by molar-refractivity contribution is 6.33. The van der Waals surface area contributed by atoms with Gasteiger partial charge in [-0.15, -0.1) is 0 Å². The van der Waals surface area contributed by atoms with Gasteiger partial charge >= 0.3 is 5.97 Å². The van der Waals surface area contributed by atoms with Crippen LogP contribution in [0.1, 0.15) is 27.9 Å². The van der Waals surface area contributed by atoms with Crippen LogP contribution in [0.5, 0.6) is 0 Å². The molecule has 1 amide bonds. The third kappa shape index (κ3) is 3.74. The number of carbonyl (C=O) groups excluding carboxylic acids is 2. The average molecular weight is 348 g/mol. The molecule has 124 valence electrons. The Balaban J connectivity index is 1.57. The third-order valence-electron chi connectivity index (χ3n) is 3.87. The van der Waals surface area contributed by atoms with Crippen molar-refractivity contribution in [2.45, 2.75) is 19.3 Å². The summed E-state index contributed by atoms with van der Waals surface area (Å²) in [6.45, 7) is -0.441. The van der Waals surface area contributed by atoms with E-state index in [2.05, 4.69) is 5.32 Å². The summed E-state index contributed by atoms with van der Waals surface area (Å²) in [7, 11) is 0. The minimum atomic E-state index is -0.551. The second kappa shape index (κ2) is 7.01. The fraction of sp³-hybridized carbons (Fsp3) is 0.222. The number of hydrogen-bond acceptors (Lipinski definition) is 3. The molecule has 0 aromatic heterocycles. The van der Waals surface area contributed by atoms with Crippen LogP contribution in [0.2, 0.25) is 5.02 Å². The first-order chi connectivity index (χ1) is 11.5. The number of rotatable bonds is 4. The maximum absolute atomic E-state index is 13.0. The minimum absolute atomic E-state index is 0.0771. The van der Waals surface area contributed by atoms with E-state index in [0.29, 0.717) is 5.56 Å². The van der Waals surface area contributed by atoms with Gasteiger partial charge in [-0.25, -0.2) is 9.18 Å². The molecule has 3 rings (SSSR count). The Morgan fingerprint density at radius 3 is 2.71 bits per heavy atom. The first-order valence-electron chi connectivity index (χ1n) is 7.57. The van der Waals surface area contributed by atoms with Crippen molar-refractivity contribution in [3.8, 4) is 0 Å². The SMILES string of the molecule is O=C(COC(=O)c1ccc2c(c1)CCC2)Nc1ccc(F)cc1Cl. The molecular weight excluding hydrogens is 333 g/mol. The number of benzene rings is 2. The van der Waals surface area contributed by atoms with Crippen LogP contribution in [0.4, 0.5) is 10.1 Å². The molecule has 1 aliphatic carbocycles. The van der Waals surface area contributed by atoms with E-state index in [9.17, 15) is 14.0 Å². The zero-order valence-electron chi connectivity index (χ0n) is 12.8. The number of carbonyl (C=O) groups is 2. The molecule has 24 heavy (non-hydrogen) atoms. The Labute approximate surface area is 143 Å². The fourth-order valence-corrected chi connectivity index (χ4v) is 2.90. The Morgan fingerprint density at radius 1 is 1.12 bits per heavy atom. The lowest BCUT2D eigenvalue weighted by Gasteiger charge is -2.09. The predicted octanol–water partition coefficient (Wildman–Crippen LogP) is 3.76. The van der Waals surface area contributed by atoms with Crippen LogP contribution in [0, 0.1) is 5.82 Å². The minimum Gasteiger partial charge on any atom is -0.452 e. The molecule has 0 saturated carbocycles. The summed E-state index contributed by atoms with van der Waals surface area (Å²) in [5.41, 5.74) is 3.11. The zero-order chi connectivity index (χ0) is 17.1. The van der Waals surface area contributed by atoms with E-state index in [4.69, 9.17) is 16.3 Å². The van der Waals surface area contributed by atoms with Gasteiger partial charge in [0.1, 0.15) is 5.82 Å². The largest absolute Gasteiger partial charge is 0.452 e. The normalized spacial score (nSPS) is 12.6. The predicted molar refractivity (Wildman–Crippen MR) is 88.8 cm³/mol. The van der Waals surface area contributed by atoms with Crippen molar-refractivity contribution in [1.82, 2.24) is 0 Å². The van der Waals surface area contributed by atoms with Crippen molar-refractivity contribution >= 4 is 29.2 Å². The number of nitrogens with one attached hydrogen (secondary N) is 1. The monoisotopic (exact) mass is 347 g/mol. The number of hydrogen-bond donors (Lipinski definition) is 1. The van der Waals surface area contributed by atoms with E-state index in [1.165, 1.54) is 17.7 Å². The number of halogens is 2. The molecule has 2 aromatic carbocycles. The molecule has 0 bridgehead atoms. The van der Waals surface area contributed by atoms with E-state index in [1.54, 1.807) is 6.07 Å². The second-order valence-corrected chi connectivity index (χ2v) is 5.99. The van der Waals surface area contributed by atoms with Gasteiger partial charge in [0.15, 0.2) is 6.61 Å². The molecule has 0 radical (unpaired) electrons. The Bertz CT molecular complexity index is 807. The smallest absolute Gasteiger partial charge is 0.338 e. The van der Waals surface area contributed by atoms with Crippen LogP contribution >= 0.6 is 11.6 Å². The number of anilines is 1. The number of fused-ring (bicyclic) bond motifs is 1. The molecular formula is C18H15ClFNO3. The van der Waals surface area contributed by atoms with Gasteiger partial charge < -0.3 is 10.1 Å². The maximum atomic E-state index is 13.0. The van der Waals surface area contributed by atoms with Crippen LogP contribution in [0.25, 0.3) is 0 Å². The molecule has 0 spiro atoms. The molecule has 1 N–H and O–H groups in total. The van der Waals surface area contributed by atoms with Gasteiger partial charge in [-0.1, -0.05) is 17.7 Å². The van der Waals surface area contributed by atoms with Crippen LogP contribution in [-0.2, 0) is 22.4 Å². The van der Waals surface area contributed by atoms with Gasteiger partial charge in [-0.3, -0.25) is 4.79 Å². The number of ether oxygens (including phenoxy) is 1. The summed E-state index contributed by atoms with van der Waals surface area (Å²) in [4.78, 5) is 23.9. The summed E-state index contributed by atoms with van der Waals surface area (Å²) in [6.07, 6.45) is 3.08. The molecule has 0 fully saturated rings. The van der Waals surface area contributed by atoms with Gasteiger partial charge in [0, 0.05) is 0 Å². The van der Waals surface area contributed by atoms with Crippen molar-refractivity contribution in [3.05, 3.63) is 63.9 Å². The Morgan fingerprint density at radius 2 is 1.92 bits per heavy atom. The molecule has 0 unspecified atom stereocenters. The zero-order valence-corrected chi connectivity index (χ0v) is 13.5. The quantitative estimate of drug-likeness (QED) is 0.857. The standard InChI is InChI=1S/C18H15ClFNO3/c19-15-9-14(20)6-7-16(15)21-17(22)10-24-18(23)13-5-4-11-2-1-3-12(11)8-13/h4-9H,1-3,10H2,(H,21,22). The summed E-state index contributed by atoms with van der Waals surface area (Å²) < 4.78 is 18.0. The van der Waals surface area contributed by atoms with E-state index >= 15 is 0 Å². The summed E-state index contributed by atoms with van der Waals surface area (Å²) in [6, 6.07) is 9.07. The van der Waals surface area contributed by atoms with Crippen LogP contribution < -0.4 is 5.32 Å². The van der Waals surface area contributed by atoms with E-state index in [0.717, 1.165) is 30.9 Å². The molecule has 1 aliphatic rings. The van der Waals surface area contributed by atoms with E-state index in [-0.39, 0.29) is 10.7 Å². The molecule has 4 nitrogen and oxygen atoms in total. The van der Waals surface area contributed by atoms with Crippen molar-refractivity contribution in [1.29, 1.82) is 0 Å². The number of aryl methyl sites for hydroxylation is 2. The average Bonchev–Trinajstić information content (AvgIpc) is 3.03. The van der Waals surface area contributed by atoms with Crippen molar-refractivity contribution in [2.75, 3.05) is 11.9 Å². The number of esters is 1. The molecule has 0 heterocycles. The molecule has 0 saturated heterocycles. The number of amides is 1. The summed E-state index contributed by atoms with van der Waals surface area (Å²) in [5.74, 6) is -1.59. The van der Waals surface area contributed by atoms with Gasteiger partial charge in [0.2, 0.25) is 0 Å². The lowest BCUT2D eigenvalue weighted by molar-refractivity contribution is -0.119. The van der Waals surface area contributed by atoms with Crippen LogP contribution in [0.3, 0.4) is 0 Å². The van der Waals surface area contributed by atoms with Crippen molar-refractivity contribution in [2.24, 2.45) is 0 Å². The van der Waals surface area contributed by atoms with Gasteiger partial charge in [0.05, 0.1) is 16.3 Å². The molecule has 2 aromatic rings. The Kier molecular flexibility index (Phi) is 4.81. The van der Waals surface area contributed by atoms with Gasteiger partial charge in [-0.2, -0.15) is 0 Å². The van der Waals surface area contributed by atoms with Crippen molar-refractivity contribution < 1.29 is 18.7 Å². The third-order valence-corrected chi connectivity index (χ3v) is 4.19. The molecule has 0 aliphatic heterocycles. The summed E-state index contributed by atoms with van der Waals surface area (Å²) >= 11 is 5.82. The van der Waals surface area contributed by atoms with Crippen LogP contribution in [0.15, 0.2) is 36.4 Å². The maximum Gasteiger partial charge on any atom is 0.338 e. The molecule has 6 heteroatoms. The highest BCUT2D eigenvalue weighted by Gasteiger charge is 2.16. The highest BCUT2D eigenvalue weighted by atomic mass is 35.5. The lowest BCUT2D eigenvalue weighted by atomic mass is 10.1. The first-order valence-corrected chi connectivity index (χ1v) is 7.94. The van der Waals surface area contributed by atoms with Gasteiger partial charge in [-0.05, 0) is 60.7 Å². The highest BCUT2D eigenvalue weighted by Crippen LogP contribution is 2.24. The van der Waals surface area contributed by atoms with E-state index < -0.39 is 24.3 Å². The summed E-state index contributed by atoms with van der Waals surface area (Å²) in [5, 5.41) is 2.55. The van der Waals surface area contributed by atoms with Gasteiger partial charge in [0.25, 0.3) is 5.91 Å². The molecule has 0 atom stereocenters. The first kappa shape index (κ1) is 16.5. The van der Waals surface area contributed by atoms with Crippen molar-refractivity contribution in [3.63, 3.8) is 0 Å². The fourth-order valence-electron chi connectivity index (χ4n) is 2.69. The van der Waals surface area contributed by atoms with Crippen LogP contribution in [-0.4, -0.2) is 18.5 Å². The van der Waals surface area contributed by atoms with E-state index in [1.807, 2.05) is 12.1 Å². The topological polar surface area (TPSA) is 55.4 Å².